The summed E-state index contributed by atoms with van der Waals surface area (Å²) in [7, 11) is 0. The summed E-state index contributed by atoms with van der Waals surface area (Å²) >= 11 is 13.7. The van der Waals surface area contributed by atoms with E-state index in [1.54, 1.807) is 18.2 Å². The number of carbonyl (C=O) groups excluding carboxylic acids is 2. The molecule has 0 fully saturated rings. The van der Waals surface area contributed by atoms with Crippen LogP contribution < -0.4 is 16.0 Å². The second-order valence-corrected chi connectivity index (χ2v) is 10.3. The Balaban J connectivity index is 1.50. The standard InChI is InChI=1S/C28H22Cl2N4O2S/c1-16-23(26(35)32-20-10-6-3-7-11-20)24(17-8-4-2-5-9-17)25-22(15-37-27(25)31-16)34-28(36)33-21-13-18(29)12-19(30)14-21/h2-14,24H,15H2,1H3,(H,32,35)(H2,33,34,36). The first kappa shape index (κ1) is 25.1. The molecule has 0 radical (unpaired) electrons. The van der Waals surface area contributed by atoms with Crippen molar-refractivity contribution in [3.63, 3.8) is 0 Å². The van der Waals surface area contributed by atoms with Crippen molar-refractivity contribution in [2.24, 2.45) is 4.99 Å². The number of rotatable bonds is 5. The molecule has 0 aromatic heterocycles. The quantitative estimate of drug-likeness (QED) is 0.314. The van der Waals surface area contributed by atoms with Gasteiger partial charge in [-0.25, -0.2) is 9.79 Å². The number of carbonyl (C=O) groups is 2. The number of halogens is 2. The van der Waals surface area contributed by atoms with Gasteiger partial charge in [0.2, 0.25) is 0 Å². The molecule has 6 nitrogen and oxygen atoms in total. The molecular formula is C28H22Cl2N4O2S. The topological polar surface area (TPSA) is 82.6 Å². The van der Waals surface area contributed by atoms with Crippen molar-refractivity contribution in [2.75, 3.05) is 16.4 Å². The Bertz CT molecular complexity index is 1450. The maximum Gasteiger partial charge on any atom is 0.323 e. The normalized spacial score (nSPS) is 16.7. The summed E-state index contributed by atoms with van der Waals surface area (Å²) in [4.78, 5) is 31.3. The number of benzene rings is 3. The summed E-state index contributed by atoms with van der Waals surface area (Å²) in [5, 5.41) is 10.4. The number of aliphatic imine (C=N–C) groups is 1. The molecule has 5 rings (SSSR count). The van der Waals surface area contributed by atoms with Crippen LogP contribution in [0.3, 0.4) is 0 Å². The maximum absolute atomic E-state index is 13.6. The van der Waals surface area contributed by atoms with Crippen LogP contribution in [0, 0.1) is 0 Å². The third kappa shape index (κ3) is 5.59. The van der Waals surface area contributed by atoms with Crippen LogP contribution in [0.25, 0.3) is 0 Å². The van der Waals surface area contributed by atoms with Crippen LogP contribution in [0.4, 0.5) is 16.2 Å². The molecule has 0 bridgehead atoms. The minimum atomic E-state index is -0.434. The zero-order valence-electron chi connectivity index (χ0n) is 19.7. The molecule has 0 aliphatic carbocycles. The van der Waals surface area contributed by atoms with Gasteiger partial charge in [-0.1, -0.05) is 83.5 Å². The lowest BCUT2D eigenvalue weighted by Crippen LogP contribution is -2.32. The van der Waals surface area contributed by atoms with Gasteiger partial charge in [0.05, 0.1) is 5.57 Å². The fraction of sp³-hybridized carbons (Fsp3) is 0.107. The summed E-state index contributed by atoms with van der Waals surface area (Å²) in [6.07, 6.45) is 0. The molecule has 2 heterocycles. The highest BCUT2D eigenvalue weighted by Gasteiger charge is 2.39. The van der Waals surface area contributed by atoms with Crippen LogP contribution in [0.15, 0.2) is 106 Å². The minimum Gasteiger partial charge on any atom is -0.322 e. The van der Waals surface area contributed by atoms with Gasteiger partial charge in [-0.3, -0.25) is 4.79 Å². The van der Waals surface area contributed by atoms with Crippen molar-refractivity contribution in [2.45, 2.75) is 12.8 Å². The smallest absolute Gasteiger partial charge is 0.322 e. The van der Waals surface area contributed by atoms with Gasteiger partial charge in [0.25, 0.3) is 5.91 Å². The van der Waals surface area contributed by atoms with E-state index in [4.69, 9.17) is 28.2 Å². The Morgan fingerprint density at radius 3 is 2.19 bits per heavy atom. The molecule has 2 aliphatic rings. The number of hydrogen-bond donors (Lipinski definition) is 3. The molecule has 0 saturated carbocycles. The van der Waals surface area contributed by atoms with E-state index in [0.29, 0.717) is 44.1 Å². The van der Waals surface area contributed by atoms with E-state index < -0.39 is 11.9 Å². The minimum absolute atomic E-state index is 0.234. The van der Waals surface area contributed by atoms with E-state index in [0.717, 1.165) is 16.2 Å². The SMILES string of the molecule is CC1=C(C(=O)Nc2ccccc2)C(c2ccccc2)C2=C(NC(=O)Nc3cc(Cl)cc(Cl)c3)CSC2=N1. The lowest BCUT2D eigenvalue weighted by molar-refractivity contribution is -0.113. The van der Waals surface area contributed by atoms with Gasteiger partial charge >= 0.3 is 6.03 Å². The number of nitrogens with one attached hydrogen (secondary N) is 3. The largest absolute Gasteiger partial charge is 0.323 e. The maximum atomic E-state index is 13.6. The Morgan fingerprint density at radius 1 is 0.865 bits per heavy atom. The van der Waals surface area contributed by atoms with E-state index in [9.17, 15) is 9.59 Å². The summed E-state index contributed by atoms with van der Waals surface area (Å²) in [6.45, 7) is 1.85. The van der Waals surface area contributed by atoms with Gasteiger partial charge in [-0.2, -0.15) is 0 Å². The molecule has 2 aliphatic heterocycles. The van der Waals surface area contributed by atoms with E-state index in [-0.39, 0.29) is 5.91 Å². The van der Waals surface area contributed by atoms with E-state index in [1.165, 1.54) is 11.8 Å². The first-order chi connectivity index (χ1) is 17.9. The van der Waals surface area contributed by atoms with Gasteiger partial charge in [0.1, 0.15) is 5.04 Å². The highest BCUT2D eigenvalue weighted by molar-refractivity contribution is 8.15. The Labute approximate surface area is 228 Å². The van der Waals surface area contributed by atoms with Crippen molar-refractivity contribution >= 4 is 63.3 Å². The van der Waals surface area contributed by atoms with Crippen molar-refractivity contribution < 1.29 is 9.59 Å². The number of thioether (sulfide) groups is 1. The Hall–Kier alpha value is -3.52. The van der Waals surface area contributed by atoms with Crippen molar-refractivity contribution in [3.8, 4) is 0 Å². The number of allylic oxidation sites excluding steroid dienone is 1. The predicted octanol–water partition coefficient (Wildman–Crippen LogP) is 7.22. The zero-order valence-corrected chi connectivity index (χ0v) is 22.0. The predicted molar refractivity (Wildman–Crippen MR) is 152 cm³/mol. The molecule has 0 spiro atoms. The van der Waals surface area contributed by atoms with Crippen LogP contribution in [-0.4, -0.2) is 22.7 Å². The molecule has 37 heavy (non-hydrogen) atoms. The fourth-order valence-corrected chi connectivity index (χ4v) is 6.04. The second kappa shape index (κ2) is 10.8. The van der Waals surface area contributed by atoms with Gasteiger partial charge in [0.15, 0.2) is 0 Å². The van der Waals surface area contributed by atoms with Crippen LogP contribution >= 0.6 is 35.0 Å². The van der Waals surface area contributed by atoms with Crippen LogP contribution in [0.1, 0.15) is 18.4 Å². The average molecular weight is 549 g/mol. The highest BCUT2D eigenvalue weighted by Crippen LogP contribution is 2.45. The van der Waals surface area contributed by atoms with Crippen molar-refractivity contribution in [3.05, 3.63) is 117 Å². The van der Waals surface area contributed by atoms with Crippen molar-refractivity contribution in [1.82, 2.24) is 5.32 Å². The first-order valence-corrected chi connectivity index (χ1v) is 13.2. The number of fused-ring (bicyclic) bond motifs is 1. The number of amides is 3. The molecular weight excluding hydrogens is 527 g/mol. The Morgan fingerprint density at radius 2 is 1.51 bits per heavy atom. The van der Waals surface area contributed by atoms with Crippen LogP contribution in [0.2, 0.25) is 10.0 Å². The molecule has 3 amide bonds. The lowest BCUT2D eigenvalue weighted by Gasteiger charge is -2.28. The number of urea groups is 1. The molecule has 9 heteroatoms. The highest BCUT2D eigenvalue weighted by atomic mass is 35.5. The third-order valence-corrected chi connectivity index (χ3v) is 7.39. The van der Waals surface area contributed by atoms with Crippen molar-refractivity contribution in [1.29, 1.82) is 0 Å². The second-order valence-electron chi connectivity index (χ2n) is 8.50. The molecule has 3 aromatic rings. The molecule has 1 atom stereocenters. The molecule has 1 unspecified atom stereocenters. The summed E-state index contributed by atoms with van der Waals surface area (Å²) < 4.78 is 0. The van der Waals surface area contributed by atoms with E-state index in [1.807, 2.05) is 67.6 Å². The van der Waals surface area contributed by atoms with Crippen LogP contribution in [0.5, 0.6) is 0 Å². The number of nitrogens with zero attached hydrogens (tertiary/aromatic N) is 1. The zero-order chi connectivity index (χ0) is 25.9. The van der Waals surface area contributed by atoms with Gasteiger partial charge in [-0.05, 0) is 42.8 Å². The fourth-order valence-electron chi connectivity index (χ4n) is 4.40. The van der Waals surface area contributed by atoms with Crippen LogP contribution in [-0.2, 0) is 4.79 Å². The van der Waals surface area contributed by atoms with Gasteiger partial charge in [0, 0.05) is 50.1 Å². The number of para-hydroxylation sites is 1. The molecule has 186 valence electrons. The van der Waals surface area contributed by atoms with E-state index in [2.05, 4.69) is 16.0 Å². The third-order valence-electron chi connectivity index (χ3n) is 5.94. The monoisotopic (exact) mass is 548 g/mol. The van der Waals surface area contributed by atoms with E-state index >= 15 is 0 Å². The Kier molecular flexibility index (Phi) is 7.37. The summed E-state index contributed by atoms with van der Waals surface area (Å²) in [5.74, 6) is -0.118. The number of hydrogen-bond acceptors (Lipinski definition) is 4. The summed E-state index contributed by atoms with van der Waals surface area (Å²) in [5.41, 5.74) is 4.81. The molecule has 3 N–H and O–H groups in total. The molecule has 0 saturated heterocycles. The lowest BCUT2D eigenvalue weighted by atomic mass is 9.81. The van der Waals surface area contributed by atoms with Gasteiger partial charge < -0.3 is 16.0 Å². The summed E-state index contributed by atoms with van der Waals surface area (Å²) in [6, 6.07) is 23.5. The van der Waals surface area contributed by atoms with Gasteiger partial charge in [-0.15, -0.1) is 0 Å². The molecule has 3 aromatic carbocycles. The first-order valence-electron chi connectivity index (χ1n) is 11.5. The number of anilines is 2. The average Bonchev–Trinajstić information content (AvgIpc) is 3.25.